The molecular formula is C28H27Cl2NO4. The van der Waals surface area contributed by atoms with Gasteiger partial charge in [0, 0.05) is 22.7 Å². The second-order valence-electron chi connectivity index (χ2n) is 7.87. The summed E-state index contributed by atoms with van der Waals surface area (Å²) in [4.78, 5) is 24.0. The lowest BCUT2D eigenvalue weighted by atomic mass is 9.96. The number of alkyl carbamates (subject to hydrolysis) is 1. The van der Waals surface area contributed by atoms with Crippen LogP contribution in [0.25, 0.3) is 11.1 Å². The minimum atomic E-state index is -0.517. The number of amides is 1. The first-order valence-electron chi connectivity index (χ1n) is 11.3. The molecule has 0 spiro atoms. The fourth-order valence-corrected chi connectivity index (χ4v) is 3.98. The van der Waals surface area contributed by atoms with Crippen LogP contribution in [0.2, 0.25) is 10.0 Å². The summed E-state index contributed by atoms with van der Waals surface area (Å²) >= 11 is 12.3. The van der Waals surface area contributed by atoms with E-state index in [0.29, 0.717) is 29.6 Å². The number of esters is 1. The highest BCUT2D eigenvalue weighted by Crippen LogP contribution is 2.27. The zero-order valence-corrected chi connectivity index (χ0v) is 20.9. The summed E-state index contributed by atoms with van der Waals surface area (Å²) in [6, 6.07) is 22.9. The van der Waals surface area contributed by atoms with Gasteiger partial charge in [-0.2, -0.15) is 0 Å². The summed E-state index contributed by atoms with van der Waals surface area (Å²) < 4.78 is 10.3. The van der Waals surface area contributed by atoms with E-state index in [0.717, 1.165) is 22.3 Å². The predicted octanol–water partition coefficient (Wildman–Crippen LogP) is 6.86. The molecule has 1 atom stereocenters. The molecule has 5 nitrogen and oxygen atoms in total. The fraction of sp³-hybridized carbons (Fsp3) is 0.214. The van der Waals surface area contributed by atoms with Gasteiger partial charge in [-0.3, -0.25) is 0 Å². The van der Waals surface area contributed by atoms with Crippen LogP contribution in [0.3, 0.4) is 0 Å². The second-order valence-corrected chi connectivity index (χ2v) is 8.75. The molecule has 3 rings (SSSR count). The van der Waals surface area contributed by atoms with E-state index < -0.39 is 12.1 Å². The molecule has 0 bridgehead atoms. The number of nitrogens with one attached hydrogen (secondary N) is 1. The summed E-state index contributed by atoms with van der Waals surface area (Å²) in [6.45, 7) is 2.54. The molecular weight excluding hydrogens is 485 g/mol. The first-order valence-corrected chi connectivity index (χ1v) is 12.0. The van der Waals surface area contributed by atoms with Crippen LogP contribution < -0.4 is 5.32 Å². The lowest BCUT2D eigenvalue weighted by Gasteiger charge is -2.15. The van der Waals surface area contributed by atoms with Crippen LogP contribution in [-0.4, -0.2) is 25.2 Å². The maximum Gasteiger partial charge on any atom is 0.407 e. The molecule has 0 saturated heterocycles. The normalized spacial score (nSPS) is 11.7. The monoisotopic (exact) mass is 511 g/mol. The van der Waals surface area contributed by atoms with E-state index in [4.69, 9.17) is 32.7 Å². The van der Waals surface area contributed by atoms with E-state index in [1.54, 1.807) is 19.1 Å². The quantitative estimate of drug-likeness (QED) is 0.238. The van der Waals surface area contributed by atoms with Gasteiger partial charge in [-0.1, -0.05) is 83.9 Å². The number of rotatable bonds is 10. The molecule has 0 saturated carbocycles. The van der Waals surface area contributed by atoms with Crippen LogP contribution in [0.4, 0.5) is 4.79 Å². The van der Waals surface area contributed by atoms with Gasteiger partial charge in [0.2, 0.25) is 0 Å². The van der Waals surface area contributed by atoms with Crippen LogP contribution in [-0.2, 0) is 27.3 Å². The van der Waals surface area contributed by atoms with Crippen LogP contribution in [0.1, 0.15) is 18.1 Å². The van der Waals surface area contributed by atoms with E-state index in [9.17, 15) is 9.59 Å². The lowest BCUT2D eigenvalue weighted by Crippen LogP contribution is -2.30. The first kappa shape index (κ1) is 26.3. The van der Waals surface area contributed by atoms with Crippen molar-refractivity contribution in [2.75, 3.05) is 13.2 Å². The highest BCUT2D eigenvalue weighted by molar-refractivity contribution is 6.35. The van der Waals surface area contributed by atoms with Gasteiger partial charge in [0.05, 0.1) is 6.61 Å². The molecule has 1 N–H and O–H groups in total. The van der Waals surface area contributed by atoms with Crippen molar-refractivity contribution in [3.05, 3.63) is 106 Å². The number of carbonyl (C=O) groups excluding carboxylic acids is 2. The smallest absolute Gasteiger partial charge is 0.407 e. The fourth-order valence-electron chi connectivity index (χ4n) is 3.46. The van der Waals surface area contributed by atoms with Gasteiger partial charge >= 0.3 is 12.1 Å². The average Bonchev–Trinajstić information content (AvgIpc) is 2.85. The van der Waals surface area contributed by atoms with E-state index in [1.807, 2.05) is 66.7 Å². The van der Waals surface area contributed by atoms with Gasteiger partial charge in [0.1, 0.15) is 6.61 Å². The maximum absolute atomic E-state index is 12.2. The molecule has 0 fully saturated rings. The molecule has 1 amide bonds. The minimum absolute atomic E-state index is 0.143. The van der Waals surface area contributed by atoms with Gasteiger partial charge in [-0.15, -0.1) is 0 Å². The number of ether oxygens (including phenoxy) is 2. The number of hydrogen-bond acceptors (Lipinski definition) is 4. The molecule has 0 aliphatic rings. The van der Waals surface area contributed by atoms with Crippen molar-refractivity contribution in [3.8, 4) is 11.1 Å². The SMILES string of the molecule is CCOC(=O)/C=C/[C@H](CNC(=O)OCc1ccccc1)Cc1ccc(-c2cc(Cl)cc(Cl)c2)cc1. The van der Waals surface area contributed by atoms with Crippen molar-refractivity contribution in [2.45, 2.75) is 20.0 Å². The molecule has 0 heterocycles. The van der Waals surface area contributed by atoms with Gasteiger partial charge in [-0.05, 0) is 59.7 Å². The molecule has 0 aromatic heterocycles. The molecule has 0 unspecified atom stereocenters. The van der Waals surface area contributed by atoms with Crippen molar-refractivity contribution in [1.82, 2.24) is 5.32 Å². The number of hydrogen-bond donors (Lipinski definition) is 1. The average molecular weight is 512 g/mol. The molecule has 3 aromatic rings. The molecule has 0 aliphatic carbocycles. The second kappa shape index (κ2) is 13.6. The molecule has 0 radical (unpaired) electrons. The summed E-state index contributed by atoms with van der Waals surface area (Å²) in [5.41, 5.74) is 3.86. The predicted molar refractivity (Wildman–Crippen MR) is 139 cm³/mol. The Morgan fingerprint density at radius 2 is 1.57 bits per heavy atom. The Kier molecular flexibility index (Phi) is 10.2. The molecule has 0 aliphatic heterocycles. The van der Waals surface area contributed by atoms with Gasteiger partial charge < -0.3 is 14.8 Å². The molecule has 7 heteroatoms. The summed E-state index contributed by atoms with van der Waals surface area (Å²) in [5.74, 6) is -0.563. The zero-order valence-electron chi connectivity index (χ0n) is 19.4. The summed E-state index contributed by atoms with van der Waals surface area (Å²) in [6.07, 6.45) is 3.23. The first-order chi connectivity index (χ1) is 16.9. The van der Waals surface area contributed by atoms with Gasteiger partial charge in [-0.25, -0.2) is 9.59 Å². The van der Waals surface area contributed by atoms with E-state index in [1.165, 1.54) is 6.08 Å². The highest BCUT2D eigenvalue weighted by atomic mass is 35.5. The van der Waals surface area contributed by atoms with Crippen molar-refractivity contribution in [2.24, 2.45) is 5.92 Å². The van der Waals surface area contributed by atoms with Crippen molar-refractivity contribution in [3.63, 3.8) is 0 Å². The van der Waals surface area contributed by atoms with E-state index >= 15 is 0 Å². The third-order valence-corrected chi connectivity index (χ3v) is 5.60. The molecule has 35 heavy (non-hydrogen) atoms. The van der Waals surface area contributed by atoms with Crippen LogP contribution in [0.5, 0.6) is 0 Å². The largest absolute Gasteiger partial charge is 0.463 e. The van der Waals surface area contributed by atoms with Crippen LogP contribution in [0, 0.1) is 5.92 Å². The number of carbonyl (C=O) groups is 2. The Bertz CT molecular complexity index is 1130. The number of benzene rings is 3. The standard InChI is InChI=1S/C28H27Cl2NO4/c1-2-34-27(32)13-10-22(18-31-28(33)35-19-21-6-4-3-5-7-21)14-20-8-11-23(12-9-20)24-15-25(29)17-26(30)16-24/h3-13,15-17,22H,2,14,18-19H2,1H3,(H,31,33)/b13-10+/t22-/m0/s1. The Morgan fingerprint density at radius 1 is 0.886 bits per heavy atom. The van der Waals surface area contributed by atoms with E-state index in [2.05, 4.69) is 5.32 Å². The lowest BCUT2D eigenvalue weighted by molar-refractivity contribution is -0.137. The zero-order chi connectivity index (χ0) is 25.0. The summed E-state index contributed by atoms with van der Waals surface area (Å²) in [5, 5.41) is 3.93. The molecule has 3 aromatic carbocycles. The third-order valence-electron chi connectivity index (χ3n) is 5.16. The highest BCUT2D eigenvalue weighted by Gasteiger charge is 2.12. The van der Waals surface area contributed by atoms with Crippen LogP contribution in [0.15, 0.2) is 84.9 Å². The van der Waals surface area contributed by atoms with Crippen molar-refractivity contribution >= 4 is 35.3 Å². The maximum atomic E-state index is 12.2. The molecule has 182 valence electrons. The van der Waals surface area contributed by atoms with Gasteiger partial charge in [0.25, 0.3) is 0 Å². The number of halogens is 2. The Balaban J connectivity index is 1.63. The Hall–Kier alpha value is -3.28. The minimum Gasteiger partial charge on any atom is -0.463 e. The summed E-state index contributed by atoms with van der Waals surface area (Å²) in [7, 11) is 0. The van der Waals surface area contributed by atoms with Crippen LogP contribution >= 0.6 is 23.2 Å². The van der Waals surface area contributed by atoms with Crippen molar-refractivity contribution in [1.29, 1.82) is 0 Å². The van der Waals surface area contributed by atoms with Crippen molar-refractivity contribution < 1.29 is 19.1 Å². The Labute approximate surface area is 215 Å². The van der Waals surface area contributed by atoms with Gasteiger partial charge in [0.15, 0.2) is 0 Å². The topological polar surface area (TPSA) is 64.6 Å². The van der Waals surface area contributed by atoms with E-state index in [-0.39, 0.29) is 12.5 Å². The third kappa shape index (κ3) is 9.12. The Morgan fingerprint density at radius 3 is 2.23 bits per heavy atom.